The second-order valence-corrected chi connectivity index (χ2v) is 8.47. The molecule has 148 valence electrons. The van der Waals surface area contributed by atoms with Crippen molar-refractivity contribution < 1.29 is 14.0 Å². The molecule has 4 nitrogen and oxygen atoms in total. The quantitative estimate of drug-likeness (QED) is 0.748. The first-order chi connectivity index (χ1) is 13.2. The topological polar surface area (TPSA) is 40.6 Å². The van der Waals surface area contributed by atoms with Gasteiger partial charge in [0.1, 0.15) is 5.82 Å². The standard InChI is InChI=1S/C22H24ClFN2O2/c1-22(2,3)16-6-4-15(5-7-16)20(27)25-10-12-26(13-11-25)21(28)18-14-17(23)8-9-19(18)24/h4-9,14H,10-13H2,1-3H3. The van der Waals surface area contributed by atoms with Crippen molar-refractivity contribution in [3.05, 3.63) is 70.0 Å². The fraction of sp³-hybridized carbons (Fsp3) is 0.364. The Bertz CT molecular complexity index is 882. The number of hydrogen-bond acceptors (Lipinski definition) is 2. The van der Waals surface area contributed by atoms with Crippen molar-refractivity contribution in [3.8, 4) is 0 Å². The summed E-state index contributed by atoms with van der Waals surface area (Å²) in [6.45, 7) is 7.92. The summed E-state index contributed by atoms with van der Waals surface area (Å²) in [5.74, 6) is -1.05. The van der Waals surface area contributed by atoms with Crippen molar-refractivity contribution in [3.63, 3.8) is 0 Å². The second-order valence-electron chi connectivity index (χ2n) is 8.04. The summed E-state index contributed by atoms with van der Waals surface area (Å²) in [5, 5.41) is 0.317. The lowest BCUT2D eigenvalue weighted by atomic mass is 9.86. The fourth-order valence-electron chi connectivity index (χ4n) is 3.24. The molecule has 1 heterocycles. The van der Waals surface area contributed by atoms with Crippen molar-refractivity contribution in [2.75, 3.05) is 26.2 Å². The summed E-state index contributed by atoms with van der Waals surface area (Å²) in [6, 6.07) is 11.6. The highest BCUT2D eigenvalue weighted by Crippen LogP contribution is 2.23. The van der Waals surface area contributed by atoms with Gasteiger partial charge in [0.15, 0.2) is 0 Å². The molecule has 0 bridgehead atoms. The summed E-state index contributed by atoms with van der Waals surface area (Å²) in [5.41, 5.74) is 1.80. The van der Waals surface area contributed by atoms with Crippen molar-refractivity contribution >= 4 is 23.4 Å². The van der Waals surface area contributed by atoms with Crippen molar-refractivity contribution in [2.24, 2.45) is 0 Å². The van der Waals surface area contributed by atoms with E-state index in [0.717, 1.165) is 0 Å². The number of benzene rings is 2. The molecule has 0 aliphatic carbocycles. The summed E-state index contributed by atoms with van der Waals surface area (Å²) in [7, 11) is 0. The van der Waals surface area contributed by atoms with Gasteiger partial charge in [-0.15, -0.1) is 0 Å². The van der Waals surface area contributed by atoms with E-state index in [9.17, 15) is 14.0 Å². The smallest absolute Gasteiger partial charge is 0.257 e. The van der Waals surface area contributed by atoms with Crippen LogP contribution in [0.2, 0.25) is 5.02 Å². The molecule has 0 atom stereocenters. The number of carbonyl (C=O) groups is 2. The van der Waals surface area contributed by atoms with Crippen LogP contribution in [-0.4, -0.2) is 47.8 Å². The lowest BCUT2D eigenvalue weighted by Gasteiger charge is -2.35. The molecule has 0 radical (unpaired) electrons. The van der Waals surface area contributed by atoms with Crippen molar-refractivity contribution in [1.82, 2.24) is 9.80 Å². The monoisotopic (exact) mass is 402 g/mol. The van der Waals surface area contributed by atoms with Gasteiger partial charge in [-0.25, -0.2) is 4.39 Å². The minimum absolute atomic E-state index is 0.0309. The average Bonchev–Trinajstić information content (AvgIpc) is 2.68. The lowest BCUT2D eigenvalue weighted by Crippen LogP contribution is -2.50. The molecule has 6 heteroatoms. The Morgan fingerprint density at radius 2 is 1.43 bits per heavy atom. The molecule has 3 rings (SSSR count). The Kier molecular flexibility index (Phi) is 5.75. The molecule has 2 aromatic carbocycles. The van der Waals surface area contributed by atoms with Crippen LogP contribution in [-0.2, 0) is 5.41 Å². The SMILES string of the molecule is CC(C)(C)c1ccc(C(=O)N2CCN(C(=O)c3cc(Cl)ccc3F)CC2)cc1. The fourth-order valence-corrected chi connectivity index (χ4v) is 3.41. The second kappa shape index (κ2) is 7.92. The van der Waals surface area contributed by atoms with E-state index in [4.69, 9.17) is 11.6 Å². The van der Waals surface area contributed by atoms with Gasteiger partial charge >= 0.3 is 0 Å². The van der Waals surface area contributed by atoms with E-state index >= 15 is 0 Å². The molecule has 1 fully saturated rings. The van der Waals surface area contributed by atoms with Gasteiger partial charge in [0.2, 0.25) is 0 Å². The van der Waals surface area contributed by atoms with Crippen molar-refractivity contribution in [1.29, 1.82) is 0 Å². The number of hydrogen-bond donors (Lipinski definition) is 0. The maximum atomic E-state index is 13.9. The number of halogens is 2. The van der Waals surface area contributed by atoms with Crippen LogP contribution in [0.25, 0.3) is 0 Å². The highest BCUT2D eigenvalue weighted by atomic mass is 35.5. The Morgan fingerprint density at radius 1 is 0.893 bits per heavy atom. The van der Waals surface area contributed by atoms with Crippen LogP contribution in [0.1, 0.15) is 47.1 Å². The van der Waals surface area contributed by atoms with E-state index in [2.05, 4.69) is 20.8 Å². The maximum absolute atomic E-state index is 13.9. The number of carbonyl (C=O) groups excluding carboxylic acids is 2. The molecule has 0 N–H and O–H groups in total. The first-order valence-electron chi connectivity index (χ1n) is 9.31. The van der Waals surface area contributed by atoms with Crippen LogP contribution < -0.4 is 0 Å². The molecule has 0 saturated carbocycles. The van der Waals surface area contributed by atoms with Gasteiger partial charge < -0.3 is 9.80 Å². The van der Waals surface area contributed by atoms with Crippen molar-refractivity contribution in [2.45, 2.75) is 26.2 Å². The number of nitrogens with zero attached hydrogens (tertiary/aromatic N) is 2. The van der Waals surface area contributed by atoms with Crippen LogP contribution in [0.15, 0.2) is 42.5 Å². The van der Waals surface area contributed by atoms with Crippen LogP contribution >= 0.6 is 11.6 Å². The zero-order valence-corrected chi connectivity index (χ0v) is 17.1. The van der Waals surface area contributed by atoms with Gasteiger partial charge in [0.05, 0.1) is 5.56 Å². The first kappa shape index (κ1) is 20.3. The van der Waals surface area contributed by atoms with Crippen LogP contribution in [0, 0.1) is 5.82 Å². The third-order valence-electron chi connectivity index (χ3n) is 5.01. The largest absolute Gasteiger partial charge is 0.335 e. The van der Waals surface area contributed by atoms with E-state index in [1.54, 1.807) is 9.80 Å². The van der Waals surface area contributed by atoms with Crippen LogP contribution in [0.4, 0.5) is 4.39 Å². The summed E-state index contributed by atoms with van der Waals surface area (Å²) in [4.78, 5) is 28.6. The predicted molar refractivity (Wildman–Crippen MR) is 108 cm³/mol. The number of rotatable bonds is 2. The molecule has 1 aliphatic heterocycles. The van der Waals surface area contributed by atoms with Gasteiger partial charge in [-0.05, 0) is 41.3 Å². The first-order valence-corrected chi connectivity index (χ1v) is 9.69. The van der Waals surface area contributed by atoms with E-state index < -0.39 is 11.7 Å². The van der Waals surface area contributed by atoms with E-state index in [-0.39, 0.29) is 16.9 Å². The van der Waals surface area contributed by atoms with Crippen LogP contribution in [0.5, 0.6) is 0 Å². The van der Waals surface area contributed by atoms with E-state index in [1.807, 2.05) is 24.3 Å². The van der Waals surface area contributed by atoms with Gasteiger partial charge in [-0.3, -0.25) is 9.59 Å². The van der Waals surface area contributed by atoms with Crippen LogP contribution in [0.3, 0.4) is 0 Å². The Balaban J connectivity index is 1.64. The molecule has 1 aliphatic rings. The van der Waals surface area contributed by atoms with Gasteiger partial charge in [-0.1, -0.05) is 44.5 Å². The maximum Gasteiger partial charge on any atom is 0.257 e. The minimum atomic E-state index is -0.591. The van der Waals surface area contributed by atoms with Gasteiger partial charge in [0, 0.05) is 36.8 Å². The number of piperazine rings is 1. The molecule has 1 saturated heterocycles. The van der Waals surface area contributed by atoms with E-state index in [0.29, 0.717) is 36.8 Å². The number of amides is 2. The molecule has 2 aromatic rings. The predicted octanol–water partition coefficient (Wildman–Crippen LogP) is 4.37. The Hall–Kier alpha value is -2.40. The molecule has 2 amide bonds. The molecule has 0 unspecified atom stereocenters. The summed E-state index contributed by atoms with van der Waals surface area (Å²) in [6.07, 6.45) is 0. The molecule has 28 heavy (non-hydrogen) atoms. The molecular weight excluding hydrogens is 379 g/mol. The third kappa shape index (κ3) is 4.36. The lowest BCUT2D eigenvalue weighted by molar-refractivity contribution is 0.0533. The zero-order chi connectivity index (χ0) is 20.5. The summed E-state index contributed by atoms with van der Waals surface area (Å²) < 4.78 is 13.9. The minimum Gasteiger partial charge on any atom is -0.335 e. The third-order valence-corrected chi connectivity index (χ3v) is 5.25. The highest BCUT2D eigenvalue weighted by Gasteiger charge is 2.27. The Labute approximate surface area is 169 Å². The van der Waals surface area contributed by atoms with E-state index in [1.165, 1.54) is 23.8 Å². The van der Waals surface area contributed by atoms with Gasteiger partial charge in [-0.2, -0.15) is 0 Å². The average molecular weight is 403 g/mol. The highest BCUT2D eigenvalue weighted by molar-refractivity contribution is 6.31. The zero-order valence-electron chi connectivity index (χ0n) is 16.3. The molecular formula is C22H24ClFN2O2. The normalized spacial score (nSPS) is 14.9. The Morgan fingerprint density at radius 3 is 1.96 bits per heavy atom. The summed E-state index contributed by atoms with van der Waals surface area (Å²) >= 11 is 5.88. The molecule has 0 aromatic heterocycles. The van der Waals surface area contributed by atoms with Gasteiger partial charge in [0.25, 0.3) is 11.8 Å². The molecule has 0 spiro atoms.